The zero-order chi connectivity index (χ0) is 46.2. The lowest BCUT2D eigenvalue weighted by molar-refractivity contribution is -0.650. The number of urea groups is 2. The van der Waals surface area contributed by atoms with Gasteiger partial charge in [0, 0.05) is 61.2 Å². The summed E-state index contributed by atoms with van der Waals surface area (Å²) in [7, 11) is -8.04. The molecule has 2 heterocycles. The van der Waals surface area contributed by atoms with E-state index in [0.29, 0.717) is 13.1 Å². The number of carbonyl (C=O) groups excluding carboxylic acids is 2. The maximum Gasteiger partial charge on any atom is 0.485 e. The van der Waals surface area contributed by atoms with Gasteiger partial charge in [-0.2, -0.15) is 35.5 Å². The zero-order valence-electron chi connectivity index (χ0n) is 33.6. The predicted octanol–water partition coefficient (Wildman–Crippen LogP) is 7.17. The molecule has 2 aromatic heterocycles. The number of pyridine rings is 2. The summed E-state index contributed by atoms with van der Waals surface area (Å²) in [5, 5.41) is 18.9. The molecule has 14 nitrogen and oxygen atoms in total. The molecule has 0 spiro atoms. The van der Waals surface area contributed by atoms with Crippen LogP contribution in [0.4, 0.5) is 47.3 Å². The van der Waals surface area contributed by atoms with Gasteiger partial charge in [0.05, 0.1) is 21.5 Å². The Morgan fingerprint density at radius 3 is 1.18 bits per heavy atom. The van der Waals surface area contributed by atoms with Crippen molar-refractivity contribution in [2.24, 2.45) is 14.1 Å². The van der Waals surface area contributed by atoms with Crippen molar-refractivity contribution in [3.05, 3.63) is 96.3 Å². The van der Waals surface area contributed by atoms with Crippen LogP contribution < -0.4 is 30.4 Å². The van der Waals surface area contributed by atoms with Crippen molar-refractivity contribution in [2.45, 2.75) is 50.5 Å². The van der Waals surface area contributed by atoms with E-state index in [1.54, 1.807) is 0 Å². The second kappa shape index (κ2) is 19.9. The molecule has 0 bridgehead atoms. The van der Waals surface area contributed by atoms with Crippen LogP contribution in [0.15, 0.2) is 84.9 Å². The summed E-state index contributed by atoms with van der Waals surface area (Å²) in [6, 6.07) is 28.5. The second-order valence-electron chi connectivity index (χ2n) is 13.8. The second-order valence-corrected chi connectivity index (χ2v) is 16.6. The highest BCUT2D eigenvalue weighted by atomic mass is 32.2. The van der Waals surface area contributed by atoms with E-state index in [4.69, 9.17) is 25.9 Å². The van der Waals surface area contributed by atoms with Gasteiger partial charge in [-0.3, -0.25) is 0 Å². The zero-order valence-corrected chi connectivity index (χ0v) is 35.2. The molecule has 62 heavy (non-hydrogen) atoms. The maximum absolute atomic E-state index is 12.6. The number of unbranched alkanes of at least 4 members (excludes halogenated alkanes) is 3. The predicted molar refractivity (Wildman–Crippen MR) is 219 cm³/mol. The van der Waals surface area contributed by atoms with Crippen molar-refractivity contribution in [3.8, 4) is 0 Å². The summed E-state index contributed by atoms with van der Waals surface area (Å²) in [5.74, 6) is 0. The van der Waals surface area contributed by atoms with Gasteiger partial charge in [0.15, 0.2) is 31.6 Å². The van der Waals surface area contributed by atoms with Crippen LogP contribution in [0.1, 0.15) is 37.1 Å². The topological polar surface area (TPSA) is 204 Å². The van der Waals surface area contributed by atoms with E-state index in [2.05, 4.69) is 119 Å². The average Bonchev–Trinajstić information content (AvgIpc) is 3.19. The van der Waals surface area contributed by atoms with Crippen molar-refractivity contribution in [1.29, 1.82) is 0 Å². The van der Waals surface area contributed by atoms with Gasteiger partial charge in [-0.1, -0.05) is 49.2 Å². The molecule has 334 valence electrons. The number of aromatic nitrogens is 2. The molecule has 0 aliphatic carbocycles. The van der Waals surface area contributed by atoms with Crippen LogP contribution in [0.25, 0.3) is 43.4 Å². The number of anilines is 2. The fourth-order valence-electron chi connectivity index (χ4n) is 6.38. The van der Waals surface area contributed by atoms with Crippen molar-refractivity contribution in [1.82, 2.24) is 10.6 Å². The fourth-order valence-corrected chi connectivity index (χ4v) is 6.38. The van der Waals surface area contributed by atoms with E-state index in [1.807, 2.05) is 24.3 Å². The first-order valence-corrected chi connectivity index (χ1v) is 21.4. The van der Waals surface area contributed by atoms with Crippen LogP contribution in [-0.2, 0) is 34.3 Å². The van der Waals surface area contributed by atoms with Gasteiger partial charge < -0.3 is 30.4 Å². The van der Waals surface area contributed by atoms with Crippen LogP contribution in [0.2, 0.25) is 0 Å². The van der Waals surface area contributed by atoms with Gasteiger partial charge >= 0.3 is 23.1 Å². The molecule has 0 fully saturated rings. The molecule has 0 atom stereocenters. The maximum atomic E-state index is 12.6. The highest BCUT2D eigenvalue weighted by Crippen LogP contribution is 2.29. The molecule has 4 N–H and O–H groups in total. The van der Waals surface area contributed by atoms with Gasteiger partial charge in [-0.15, -0.1) is 0 Å². The van der Waals surface area contributed by atoms with E-state index in [9.17, 15) is 35.9 Å². The molecule has 4 aromatic carbocycles. The van der Waals surface area contributed by atoms with Gasteiger partial charge in [-0.05, 0) is 49.2 Å². The molecule has 4 amide bonds. The molecule has 0 unspecified atom stereocenters. The quantitative estimate of drug-likeness (QED) is 0.0292. The monoisotopic (exact) mass is 912 g/mol. The molecule has 0 saturated heterocycles. The summed E-state index contributed by atoms with van der Waals surface area (Å²) in [6.45, 7) is 5.40. The lowest BCUT2D eigenvalue weighted by Crippen LogP contribution is -2.33. The molecule has 6 aromatic rings. The smallest absolute Gasteiger partial charge is 0.485 e. The van der Waals surface area contributed by atoms with Crippen LogP contribution in [0.3, 0.4) is 0 Å². The summed E-state index contributed by atoms with van der Waals surface area (Å²) in [4.78, 5) is 25.1. The molecule has 0 aliphatic heterocycles. The Morgan fingerprint density at radius 1 is 0.532 bits per heavy atom. The van der Waals surface area contributed by atoms with Gasteiger partial charge in [0.2, 0.25) is 11.0 Å². The Balaban J connectivity index is 0.000000448. The summed E-state index contributed by atoms with van der Waals surface area (Å²) < 4.78 is 122. The Hall–Kier alpha value is -5.84. The number of benzene rings is 4. The number of aryl methyl sites for hydroxylation is 4. The SMILES string of the molecule is Cc1c2cc(NC(=O)NCCCCCCNC(=O)Nc3ccc4c(c3)c(C)[n+](C)c3ccccc43)ccc2c2ccccc2[n+]1C.O=S(=O)([O-])C(F)(F)F.O=S(=O)([O-])C(F)(F)F. The standard InChI is InChI=1S/C38H40N6O2.2CHF3O3S/c1-25-33-23-27(17-19-29(33)31-13-7-9-15-35(31)43(25)3)41-37(45)39-21-11-5-6-12-22-40-38(46)42-28-18-20-30-32-14-8-10-16-36(32)44(4)26(2)34(30)24-28;2*2-1(3,4)8(5,6)7/h7-10,13-20,23-24H,5-6,11-12,21-22H2,1-4H3,(H2-2,39,40,41,42,45,46);2*(H,5,6,7). The summed E-state index contributed by atoms with van der Waals surface area (Å²) in [5.41, 5.74) is -5.08. The number of para-hydroxylation sites is 2. The highest BCUT2D eigenvalue weighted by Gasteiger charge is 2.37. The number of hydrogen-bond acceptors (Lipinski definition) is 8. The van der Waals surface area contributed by atoms with Crippen molar-refractivity contribution < 1.29 is 71.0 Å². The average molecular weight is 913 g/mol. The van der Waals surface area contributed by atoms with E-state index in [1.165, 1.54) is 32.6 Å². The molecule has 0 saturated carbocycles. The van der Waals surface area contributed by atoms with Crippen molar-refractivity contribution in [3.63, 3.8) is 0 Å². The number of nitrogens with one attached hydrogen (secondary N) is 4. The summed E-state index contributed by atoms with van der Waals surface area (Å²) >= 11 is 0. The number of hydrogen-bond donors (Lipinski definition) is 4. The molecule has 6 rings (SSSR count). The lowest BCUT2D eigenvalue weighted by atomic mass is 10.0. The lowest BCUT2D eigenvalue weighted by Gasteiger charge is -2.11. The van der Waals surface area contributed by atoms with Crippen LogP contribution >= 0.6 is 0 Å². The number of nitrogens with zero attached hydrogens (tertiary/aromatic N) is 2. The number of fused-ring (bicyclic) bond motifs is 6. The van der Waals surface area contributed by atoms with Gasteiger partial charge in [-0.25, -0.2) is 26.4 Å². The van der Waals surface area contributed by atoms with Gasteiger partial charge in [0.1, 0.15) is 14.1 Å². The van der Waals surface area contributed by atoms with Crippen LogP contribution in [0.5, 0.6) is 0 Å². The molecule has 0 aliphatic rings. The molecule has 22 heteroatoms. The third-order valence-electron chi connectivity index (χ3n) is 9.69. The normalized spacial score (nSPS) is 12.0. The Kier molecular flexibility index (Phi) is 15.7. The minimum absolute atomic E-state index is 0.202. The number of halogens is 6. The first-order chi connectivity index (χ1) is 28.8. The van der Waals surface area contributed by atoms with Crippen LogP contribution in [-0.4, -0.2) is 62.1 Å². The van der Waals surface area contributed by atoms with Crippen molar-refractivity contribution >= 4 is 87.0 Å². The van der Waals surface area contributed by atoms with E-state index in [-0.39, 0.29) is 12.1 Å². The summed E-state index contributed by atoms with van der Waals surface area (Å²) in [6.07, 6.45) is 3.69. The Bertz CT molecular complexity index is 2650. The largest absolute Gasteiger partial charge is 0.741 e. The van der Waals surface area contributed by atoms with E-state index in [0.717, 1.165) is 59.2 Å². The molecular weight excluding hydrogens is 871 g/mol. The Morgan fingerprint density at radius 2 is 0.855 bits per heavy atom. The number of alkyl halides is 6. The minimum Gasteiger partial charge on any atom is -0.741 e. The highest BCUT2D eigenvalue weighted by molar-refractivity contribution is 7.86. The molecular formula is C40H42F6N6O8S2. The first kappa shape index (κ1) is 48.8. The van der Waals surface area contributed by atoms with E-state index >= 15 is 0 Å². The van der Waals surface area contributed by atoms with E-state index < -0.39 is 31.3 Å². The Labute approximate surface area is 352 Å². The number of amides is 4. The van der Waals surface area contributed by atoms with Gasteiger partial charge in [0.25, 0.3) is 0 Å². The molecule has 0 radical (unpaired) electrons. The minimum atomic E-state index is -6.09. The third kappa shape index (κ3) is 12.4. The third-order valence-corrected chi connectivity index (χ3v) is 10.8. The number of rotatable bonds is 9. The fraction of sp³-hybridized carbons (Fsp3) is 0.300. The number of carbonyl (C=O) groups is 2. The van der Waals surface area contributed by atoms with Crippen molar-refractivity contribution in [2.75, 3.05) is 23.7 Å². The first-order valence-electron chi connectivity index (χ1n) is 18.6. The van der Waals surface area contributed by atoms with Crippen LogP contribution in [0, 0.1) is 13.8 Å².